The zero-order valence-electron chi connectivity index (χ0n) is 11.1. The highest BCUT2D eigenvalue weighted by atomic mass is 32.1. The molecule has 1 aromatic rings. The molecular formula is C11H19N5OS. The summed E-state index contributed by atoms with van der Waals surface area (Å²) in [5, 5.41) is 9.57. The molecule has 1 rings (SSSR count). The largest absolute Gasteiger partial charge is 0.358 e. The standard InChI is InChI=1S/C11H19N5OS/c1-7-8(2)18-10(16-7)6-15-11(13-4)14-5-9(17)12-3/h5-6H2,1-4H3,(H,12,17)(H2,13,14,15). The van der Waals surface area contributed by atoms with Gasteiger partial charge in [-0.05, 0) is 13.8 Å². The van der Waals surface area contributed by atoms with Gasteiger partial charge in [0.2, 0.25) is 5.91 Å². The van der Waals surface area contributed by atoms with E-state index in [9.17, 15) is 4.79 Å². The highest BCUT2D eigenvalue weighted by Gasteiger charge is 2.05. The lowest BCUT2D eigenvalue weighted by Gasteiger charge is -2.09. The first-order valence-corrected chi connectivity index (χ1v) is 6.46. The topological polar surface area (TPSA) is 78.4 Å². The maximum absolute atomic E-state index is 11.1. The molecule has 6 nitrogen and oxygen atoms in total. The summed E-state index contributed by atoms with van der Waals surface area (Å²) in [4.78, 5) is 20.8. The van der Waals surface area contributed by atoms with Gasteiger partial charge in [-0.15, -0.1) is 11.3 Å². The molecule has 0 spiro atoms. The number of aryl methyl sites for hydroxylation is 2. The van der Waals surface area contributed by atoms with Crippen molar-refractivity contribution in [1.82, 2.24) is 20.9 Å². The fourth-order valence-electron chi connectivity index (χ4n) is 1.25. The van der Waals surface area contributed by atoms with Crippen LogP contribution in [0.15, 0.2) is 4.99 Å². The number of nitrogens with zero attached hydrogens (tertiary/aromatic N) is 2. The van der Waals surface area contributed by atoms with E-state index >= 15 is 0 Å². The van der Waals surface area contributed by atoms with Crippen LogP contribution in [0.3, 0.4) is 0 Å². The van der Waals surface area contributed by atoms with Crippen molar-refractivity contribution in [3.05, 3.63) is 15.6 Å². The van der Waals surface area contributed by atoms with Crippen molar-refractivity contribution in [2.75, 3.05) is 20.6 Å². The van der Waals surface area contributed by atoms with Crippen molar-refractivity contribution < 1.29 is 4.79 Å². The van der Waals surface area contributed by atoms with E-state index in [2.05, 4.69) is 32.9 Å². The van der Waals surface area contributed by atoms with Gasteiger partial charge in [0.15, 0.2) is 5.96 Å². The third-order valence-electron chi connectivity index (χ3n) is 2.40. The number of amides is 1. The Morgan fingerprint density at radius 2 is 2.11 bits per heavy atom. The summed E-state index contributed by atoms with van der Waals surface area (Å²) in [6.45, 7) is 4.85. The van der Waals surface area contributed by atoms with Crippen LogP contribution in [0.5, 0.6) is 0 Å². The van der Waals surface area contributed by atoms with E-state index in [1.165, 1.54) is 4.88 Å². The lowest BCUT2D eigenvalue weighted by Crippen LogP contribution is -2.42. The number of aromatic nitrogens is 1. The van der Waals surface area contributed by atoms with Crippen LogP contribution >= 0.6 is 11.3 Å². The van der Waals surface area contributed by atoms with Gasteiger partial charge < -0.3 is 16.0 Å². The van der Waals surface area contributed by atoms with Crippen molar-refractivity contribution in [1.29, 1.82) is 0 Å². The zero-order valence-corrected chi connectivity index (χ0v) is 11.9. The van der Waals surface area contributed by atoms with Crippen LogP contribution in [0.25, 0.3) is 0 Å². The average molecular weight is 269 g/mol. The van der Waals surface area contributed by atoms with E-state index in [0.717, 1.165) is 10.7 Å². The highest BCUT2D eigenvalue weighted by Crippen LogP contribution is 2.15. The summed E-state index contributed by atoms with van der Waals surface area (Å²) in [6, 6.07) is 0. The minimum atomic E-state index is -0.0844. The fraction of sp³-hybridized carbons (Fsp3) is 0.545. The molecule has 100 valence electrons. The Morgan fingerprint density at radius 3 is 2.61 bits per heavy atom. The van der Waals surface area contributed by atoms with Gasteiger partial charge in [0.1, 0.15) is 5.01 Å². The lowest BCUT2D eigenvalue weighted by atomic mass is 10.4. The second-order valence-corrected chi connectivity index (χ2v) is 4.99. The Hall–Kier alpha value is -1.63. The second kappa shape index (κ2) is 6.95. The third kappa shape index (κ3) is 4.33. The van der Waals surface area contributed by atoms with E-state index in [1.54, 1.807) is 25.4 Å². The number of likely N-dealkylation sites (N-methyl/N-ethyl adjacent to an activating group) is 1. The molecule has 3 N–H and O–H groups in total. The van der Waals surface area contributed by atoms with Crippen LogP contribution in [-0.2, 0) is 11.3 Å². The summed E-state index contributed by atoms with van der Waals surface area (Å²) in [7, 11) is 3.26. The molecule has 0 saturated carbocycles. The number of nitrogens with one attached hydrogen (secondary N) is 3. The monoisotopic (exact) mass is 269 g/mol. The van der Waals surface area contributed by atoms with E-state index < -0.39 is 0 Å². The normalized spacial score (nSPS) is 11.2. The van der Waals surface area contributed by atoms with Crippen molar-refractivity contribution in [3.8, 4) is 0 Å². The van der Waals surface area contributed by atoms with Crippen LogP contribution in [-0.4, -0.2) is 37.5 Å². The molecule has 0 bridgehead atoms. The molecule has 18 heavy (non-hydrogen) atoms. The first-order chi connectivity index (χ1) is 8.56. The number of hydrogen-bond acceptors (Lipinski definition) is 4. The molecule has 1 heterocycles. The first-order valence-electron chi connectivity index (χ1n) is 5.64. The molecule has 0 fully saturated rings. The number of aliphatic imine (C=N–C) groups is 1. The maximum atomic E-state index is 11.1. The predicted molar refractivity (Wildman–Crippen MR) is 73.9 cm³/mol. The van der Waals surface area contributed by atoms with E-state index in [4.69, 9.17) is 0 Å². The molecule has 1 aromatic heterocycles. The van der Waals surface area contributed by atoms with E-state index in [0.29, 0.717) is 12.5 Å². The SMILES string of the molecule is CN=C(NCC(=O)NC)NCc1nc(C)c(C)s1. The number of carbonyl (C=O) groups excluding carboxylic acids is 1. The Morgan fingerprint density at radius 1 is 1.39 bits per heavy atom. The van der Waals surface area contributed by atoms with Crippen LogP contribution < -0.4 is 16.0 Å². The van der Waals surface area contributed by atoms with Gasteiger partial charge in [0.25, 0.3) is 0 Å². The molecule has 0 aromatic carbocycles. The minimum absolute atomic E-state index is 0.0844. The van der Waals surface area contributed by atoms with Gasteiger partial charge in [0.05, 0.1) is 18.8 Å². The smallest absolute Gasteiger partial charge is 0.239 e. The summed E-state index contributed by atoms with van der Waals surface area (Å²) in [5.74, 6) is 0.503. The molecule has 0 unspecified atom stereocenters. The van der Waals surface area contributed by atoms with Gasteiger partial charge in [-0.1, -0.05) is 0 Å². The Labute approximate surface area is 111 Å². The van der Waals surface area contributed by atoms with Gasteiger partial charge in [-0.25, -0.2) is 4.98 Å². The van der Waals surface area contributed by atoms with Gasteiger partial charge >= 0.3 is 0 Å². The summed E-state index contributed by atoms with van der Waals surface area (Å²) < 4.78 is 0. The van der Waals surface area contributed by atoms with Crippen LogP contribution in [0.1, 0.15) is 15.6 Å². The Balaban J connectivity index is 2.42. The zero-order chi connectivity index (χ0) is 13.5. The number of thiazole rings is 1. The molecule has 0 saturated heterocycles. The molecule has 0 atom stereocenters. The molecule has 0 aliphatic heterocycles. The van der Waals surface area contributed by atoms with Gasteiger partial charge in [-0.3, -0.25) is 9.79 Å². The number of carbonyl (C=O) groups is 1. The molecule has 1 amide bonds. The minimum Gasteiger partial charge on any atom is -0.358 e. The van der Waals surface area contributed by atoms with E-state index in [1.807, 2.05) is 6.92 Å². The van der Waals surface area contributed by atoms with Gasteiger partial charge in [-0.2, -0.15) is 0 Å². The van der Waals surface area contributed by atoms with E-state index in [-0.39, 0.29) is 12.5 Å². The second-order valence-electron chi connectivity index (χ2n) is 3.70. The third-order valence-corrected chi connectivity index (χ3v) is 3.47. The molecule has 0 radical (unpaired) electrons. The number of guanidine groups is 1. The van der Waals surface area contributed by atoms with Crippen molar-refractivity contribution >= 4 is 23.2 Å². The average Bonchev–Trinajstić information content (AvgIpc) is 2.68. The Bertz CT molecular complexity index is 421. The predicted octanol–water partition coefficient (Wildman–Crippen LogP) is 0.171. The number of hydrogen-bond donors (Lipinski definition) is 3. The molecular weight excluding hydrogens is 250 g/mol. The summed E-state index contributed by atoms with van der Waals surface area (Å²) in [5.41, 5.74) is 1.06. The van der Waals surface area contributed by atoms with Crippen LogP contribution in [0.4, 0.5) is 0 Å². The Kier molecular flexibility index (Phi) is 5.57. The van der Waals surface area contributed by atoms with Crippen molar-refractivity contribution in [2.45, 2.75) is 20.4 Å². The fourth-order valence-corrected chi connectivity index (χ4v) is 2.12. The highest BCUT2D eigenvalue weighted by molar-refractivity contribution is 7.11. The van der Waals surface area contributed by atoms with Crippen LogP contribution in [0.2, 0.25) is 0 Å². The maximum Gasteiger partial charge on any atom is 0.239 e. The molecule has 0 aliphatic rings. The lowest BCUT2D eigenvalue weighted by molar-refractivity contribution is -0.119. The van der Waals surface area contributed by atoms with Crippen LogP contribution in [0, 0.1) is 13.8 Å². The van der Waals surface area contributed by atoms with Crippen molar-refractivity contribution in [2.24, 2.45) is 4.99 Å². The molecule has 7 heteroatoms. The summed E-state index contributed by atoms with van der Waals surface area (Å²) >= 11 is 1.66. The van der Waals surface area contributed by atoms with Crippen molar-refractivity contribution in [3.63, 3.8) is 0 Å². The quantitative estimate of drug-likeness (QED) is 0.538. The molecule has 0 aliphatic carbocycles. The summed E-state index contributed by atoms with van der Waals surface area (Å²) in [6.07, 6.45) is 0. The number of rotatable bonds is 4. The first kappa shape index (κ1) is 14.4. The van der Waals surface area contributed by atoms with Gasteiger partial charge in [0, 0.05) is 19.0 Å².